The van der Waals surface area contributed by atoms with E-state index in [0.29, 0.717) is 28.3 Å². The molecule has 0 spiro atoms. The highest BCUT2D eigenvalue weighted by molar-refractivity contribution is 6.31. The van der Waals surface area contributed by atoms with E-state index in [1.807, 2.05) is 0 Å². The minimum Gasteiger partial charge on any atom is -0.373 e. The molecule has 2 atom stereocenters. The number of H-pyrrole nitrogens is 1. The minimum atomic E-state index is -0.146. The zero-order valence-electron chi connectivity index (χ0n) is 12.1. The van der Waals surface area contributed by atoms with Gasteiger partial charge in [0.15, 0.2) is 0 Å². The van der Waals surface area contributed by atoms with E-state index < -0.39 is 0 Å². The average Bonchev–Trinajstić information content (AvgIpc) is 2.38. The number of rotatable bonds is 2. The maximum Gasteiger partial charge on any atom is 0.258 e. The van der Waals surface area contributed by atoms with Crippen LogP contribution in [-0.2, 0) is 11.3 Å². The van der Waals surface area contributed by atoms with Crippen molar-refractivity contribution in [3.8, 4) is 0 Å². The van der Waals surface area contributed by atoms with Crippen molar-refractivity contribution in [1.82, 2.24) is 14.9 Å². The van der Waals surface area contributed by atoms with Gasteiger partial charge in [-0.2, -0.15) is 0 Å². The Morgan fingerprint density at radius 3 is 2.81 bits per heavy atom. The molecular formula is C15H18ClN3O2. The van der Waals surface area contributed by atoms with E-state index >= 15 is 0 Å². The van der Waals surface area contributed by atoms with Crippen LogP contribution in [0.3, 0.4) is 0 Å². The van der Waals surface area contributed by atoms with Gasteiger partial charge in [0.2, 0.25) is 0 Å². The summed E-state index contributed by atoms with van der Waals surface area (Å²) in [7, 11) is 0. The molecule has 3 rings (SSSR count). The van der Waals surface area contributed by atoms with Crippen LogP contribution in [-0.4, -0.2) is 40.2 Å². The van der Waals surface area contributed by atoms with E-state index in [1.54, 1.807) is 18.2 Å². The van der Waals surface area contributed by atoms with Gasteiger partial charge in [0.1, 0.15) is 5.82 Å². The number of halogens is 1. The summed E-state index contributed by atoms with van der Waals surface area (Å²) in [5, 5.41) is 1.06. The highest BCUT2D eigenvalue weighted by Crippen LogP contribution is 2.16. The number of aromatic amines is 1. The van der Waals surface area contributed by atoms with Crippen LogP contribution >= 0.6 is 11.6 Å². The van der Waals surface area contributed by atoms with Crippen LogP contribution in [0.15, 0.2) is 23.0 Å². The van der Waals surface area contributed by atoms with Crippen molar-refractivity contribution in [2.75, 3.05) is 13.1 Å². The Kier molecular flexibility index (Phi) is 3.97. The molecule has 1 aliphatic heterocycles. The monoisotopic (exact) mass is 307 g/mol. The molecule has 1 N–H and O–H groups in total. The van der Waals surface area contributed by atoms with E-state index in [-0.39, 0.29) is 17.8 Å². The van der Waals surface area contributed by atoms with Crippen LogP contribution in [0.25, 0.3) is 10.9 Å². The van der Waals surface area contributed by atoms with Gasteiger partial charge in [0, 0.05) is 18.1 Å². The van der Waals surface area contributed by atoms with E-state index in [4.69, 9.17) is 16.3 Å². The number of morpholine rings is 1. The van der Waals surface area contributed by atoms with Crippen molar-refractivity contribution >= 4 is 22.5 Å². The third kappa shape index (κ3) is 3.26. The second kappa shape index (κ2) is 5.75. The summed E-state index contributed by atoms with van der Waals surface area (Å²) in [6.45, 7) is 6.41. The molecular weight excluding hydrogens is 290 g/mol. The number of aromatic nitrogens is 2. The summed E-state index contributed by atoms with van der Waals surface area (Å²) in [5.74, 6) is 0.677. The number of nitrogens with one attached hydrogen (secondary N) is 1. The highest BCUT2D eigenvalue weighted by Gasteiger charge is 2.22. The molecule has 0 aliphatic carbocycles. The first-order chi connectivity index (χ1) is 10.0. The first-order valence-corrected chi connectivity index (χ1v) is 7.45. The van der Waals surface area contributed by atoms with E-state index in [9.17, 15) is 4.79 Å². The van der Waals surface area contributed by atoms with Gasteiger partial charge >= 0.3 is 0 Å². The Morgan fingerprint density at radius 2 is 2.10 bits per heavy atom. The fourth-order valence-corrected chi connectivity index (χ4v) is 3.03. The topological polar surface area (TPSA) is 58.2 Å². The zero-order valence-corrected chi connectivity index (χ0v) is 12.9. The Hall–Kier alpha value is -1.43. The number of hydrogen-bond acceptors (Lipinski definition) is 4. The summed E-state index contributed by atoms with van der Waals surface area (Å²) < 4.78 is 5.71. The number of benzene rings is 1. The lowest BCUT2D eigenvalue weighted by molar-refractivity contribution is -0.0710. The number of ether oxygens (including phenoxy) is 1. The summed E-state index contributed by atoms with van der Waals surface area (Å²) in [4.78, 5) is 21.7. The van der Waals surface area contributed by atoms with Crippen molar-refractivity contribution in [2.45, 2.75) is 32.6 Å². The van der Waals surface area contributed by atoms with Gasteiger partial charge in [0.25, 0.3) is 5.56 Å². The van der Waals surface area contributed by atoms with Crippen LogP contribution < -0.4 is 5.56 Å². The smallest absolute Gasteiger partial charge is 0.258 e. The summed E-state index contributed by atoms with van der Waals surface area (Å²) in [5.41, 5.74) is 0.527. The van der Waals surface area contributed by atoms with E-state index in [0.717, 1.165) is 13.1 Å². The molecule has 0 amide bonds. The van der Waals surface area contributed by atoms with Gasteiger partial charge in [-0.05, 0) is 32.0 Å². The Labute approximate surface area is 127 Å². The largest absolute Gasteiger partial charge is 0.373 e. The van der Waals surface area contributed by atoms with Crippen molar-refractivity contribution in [3.05, 3.63) is 39.4 Å². The molecule has 1 fully saturated rings. The Bertz CT molecular complexity index is 706. The van der Waals surface area contributed by atoms with Gasteiger partial charge in [-0.1, -0.05) is 11.6 Å². The minimum absolute atomic E-state index is 0.146. The predicted molar refractivity (Wildman–Crippen MR) is 82.7 cm³/mol. The van der Waals surface area contributed by atoms with Crippen molar-refractivity contribution in [1.29, 1.82) is 0 Å². The summed E-state index contributed by atoms with van der Waals surface area (Å²) in [6, 6.07) is 5.17. The molecule has 2 aromatic rings. The standard InChI is InChI=1S/C15H18ClN3O2/c1-9-6-19(7-10(2)21-9)8-14-17-13-4-3-11(16)5-12(13)15(20)18-14/h3-5,9-10H,6-8H2,1-2H3,(H,17,18,20). The molecule has 1 aliphatic rings. The quantitative estimate of drug-likeness (QED) is 0.924. The maximum atomic E-state index is 12.1. The highest BCUT2D eigenvalue weighted by atomic mass is 35.5. The third-order valence-corrected chi connectivity index (χ3v) is 3.82. The van der Waals surface area contributed by atoms with Gasteiger partial charge in [-0.15, -0.1) is 0 Å². The van der Waals surface area contributed by atoms with E-state index in [2.05, 4.69) is 28.7 Å². The average molecular weight is 308 g/mol. The molecule has 5 nitrogen and oxygen atoms in total. The van der Waals surface area contributed by atoms with Crippen molar-refractivity contribution in [2.24, 2.45) is 0 Å². The first-order valence-electron chi connectivity index (χ1n) is 7.07. The number of hydrogen-bond donors (Lipinski definition) is 1. The Balaban J connectivity index is 1.87. The lowest BCUT2D eigenvalue weighted by atomic mass is 10.2. The van der Waals surface area contributed by atoms with Crippen LogP contribution in [0.1, 0.15) is 19.7 Å². The molecule has 21 heavy (non-hydrogen) atoms. The second-order valence-corrected chi connectivity index (χ2v) is 6.06. The molecule has 0 radical (unpaired) electrons. The molecule has 1 aromatic carbocycles. The fraction of sp³-hybridized carbons (Fsp3) is 0.467. The van der Waals surface area contributed by atoms with Crippen LogP contribution in [0, 0.1) is 0 Å². The van der Waals surface area contributed by atoms with Gasteiger partial charge in [0.05, 0.1) is 29.7 Å². The normalized spacial score (nSPS) is 23.6. The number of fused-ring (bicyclic) bond motifs is 1. The predicted octanol–water partition coefficient (Wildman–Crippen LogP) is 2.19. The molecule has 0 bridgehead atoms. The number of nitrogens with zero attached hydrogens (tertiary/aromatic N) is 2. The summed E-state index contributed by atoms with van der Waals surface area (Å²) in [6.07, 6.45) is 0.388. The van der Waals surface area contributed by atoms with Gasteiger partial charge in [-0.3, -0.25) is 9.69 Å². The molecule has 0 saturated carbocycles. The molecule has 112 valence electrons. The Morgan fingerprint density at radius 1 is 1.38 bits per heavy atom. The lowest BCUT2D eigenvalue weighted by Crippen LogP contribution is -2.45. The van der Waals surface area contributed by atoms with Crippen LogP contribution in [0.2, 0.25) is 5.02 Å². The molecule has 1 saturated heterocycles. The SMILES string of the molecule is CC1CN(Cc2nc3ccc(Cl)cc3c(=O)[nH]2)CC(C)O1. The van der Waals surface area contributed by atoms with Crippen molar-refractivity contribution in [3.63, 3.8) is 0 Å². The third-order valence-electron chi connectivity index (χ3n) is 3.59. The lowest BCUT2D eigenvalue weighted by Gasteiger charge is -2.34. The molecule has 6 heteroatoms. The van der Waals surface area contributed by atoms with Gasteiger partial charge < -0.3 is 9.72 Å². The molecule has 2 unspecified atom stereocenters. The molecule has 2 heterocycles. The van der Waals surface area contributed by atoms with Crippen molar-refractivity contribution < 1.29 is 4.74 Å². The summed E-state index contributed by atoms with van der Waals surface area (Å²) >= 11 is 5.92. The van der Waals surface area contributed by atoms with E-state index in [1.165, 1.54) is 0 Å². The van der Waals surface area contributed by atoms with Gasteiger partial charge in [-0.25, -0.2) is 4.98 Å². The first kappa shape index (κ1) is 14.5. The fourth-order valence-electron chi connectivity index (χ4n) is 2.86. The van der Waals surface area contributed by atoms with Crippen LogP contribution in [0.5, 0.6) is 0 Å². The van der Waals surface area contributed by atoms with Crippen LogP contribution in [0.4, 0.5) is 0 Å². The maximum absolute atomic E-state index is 12.1. The second-order valence-electron chi connectivity index (χ2n) is 5.63. The molecule has 1 aromatic heterocycles. The zero-order chi connectivity index (χ0) is 15.0.